The van der Waals surface area contributed by atoms with Crippen molar-refractivity contribution < 1.29 is 8.42 Å². The number of nitriles is 1. The van der Waals surface area contributed by atoms with Crippen molar-refractivity contribution in [2.24, 2.45) is 5.92 Å². The first-order valence-corrected chi connectivity index (χ1v) is 7.57. The highest BCUT2D eigenvalue weighted by Crippen LogP contribution is 2.30. The number of anilines is 2. The van der Waals surface area contributed by atoms with E-state index in [1.807, 2.05) is 0 Å². The second kappa shape index (κ2) is 6.11. The van der Waals surface area contributed by atoms with Gasteiger partial charge in [0.05, 0.1) is 23.4 Å². The molecule has 0 aliphatic carbocycles. The summed E-state index contributed by atoms with van der Waals surface area (Å²) < 4.78 is 25.5. The van der Waals surface area contributed by atoms with Gasteiger partial charge in [-0.05, 0) is 19.1 Å². The van der Waals surface area contributed by atoms with Crippen LogP contribution in [0.4, 0.5) is 11.4 Å². The van der Waals surface area contributed by atoms with E-state index >= 15 is 0 Å². The summed E-state index contributed by atoms with van der Waals surface area (Å²) in [4.78, 5) is 1.87. The van der Waals surface area contributed by atoms with Gasteiger partial charge in [0.2, 0.25) is 10.0 Å². The highest BCUT2D eigenvalue weighted by Gasteiger charge is 2.22. The van der Waals surface area contributed by atoms with Crippen LogP contribution in [0.2, 0.25) is 0 Å². The highest BCUT2D eigenvalue weighted by atomic mass is 32.2. The Morgan fingerprint density at radius 1 is 1.35 bits per heavy atom. The first-order chi connectivity index (χ1) is 9.21. The van der Waals surface area contributed by atoms with Crippen molar-refractivity contribution in [1.29, 1.82) is 5.26 Å². The molecule has 0 amide bonds. The number of rotatable bonds is 5. The number of sulfonamides is 1. The Balaban J connectivity index is 3.24. The van der Waals surface area contributed by atoms with Gasteiger partial charge >= 0.3 is 0 Å². The highest BCUT2D eigenvalue weighted by molar-refractivity contribution is 7.89. The van der Waals surface area contributed by atoms with E-state index in [0.29, 0.717) is 12.2 Å². The van der Waals surface area contributed by atoms with Crippen molar-refractivity contribution in [3.05, 3.63) is 18.2 Å². The molecular weight excluding hydrogens is 276 g/mol. The first-order valence-electron chi connectivity index (χ1n) is 6.13. The van der Waals surface area contributed by atoms with E-state index < -0.39 is 10.0 Å². The molecule has 0 saturated carbocycles. The minimum atomic E-state index is -3.58. The Labute approximate surface area is 120 Å². The van der Waals surface area contributed by atoms with E-state index in [2.05, 4.69) is 6.07 Å². The zero-order valence-corrected chi connectivity index (χ0v) is 13.0. The predicted octanol–water partition coefficient (Wildman–Crippen LogP) is 1.11. The van der Waals surface area contributed by atoms with Crippen LogP contribution in [-0.2, 0) is 10.0 Å². The topological polar surface area (TPSA) is 90.4 Å². The van der Waals surface area contributed by atoms with Crippen molar-refractivity contribution in [3.8, 4) is 6.07 Å². The normalized spacial score (nSPS) is 13.0. The molecule has 0 bridgehead atoms. The van der Waals surface area contributed by atoms with Crippen molar-refractivity contribution >= 4 is 21.4 Å². The largest absolute Gasteiger partial charge is 0.396 e. The lowest BCUT2D eigenvalue weighted by atomic mass is 10.2. The van der Waals surface area contributed by atoms with E-state index in [1.54, 1.807) is 31.0 Å². The number of hydrogen-bond acceptors (Lipinski definition) is 5. The van der Waals surface area contributed by atoms with E-state index in [1.165, 1.54) is 20.2 Å². The fraction of sp³-hybridized carbons (Fsp3) is 0.462. The van der Waals surface area contributed by atoms with Crippen LogP contribution >= 0.6 is 0 Å². The van der Waals surface area contributed by atoms with Gasteiger partial charge in [0.1, 0.15) is 4.90 Å². The van der Waals surface area contributed by atoms with E-state index in [4.69, 9.17) is 11.0 Å². The molecule has 1 unspecified atom stereocenters. The molecule has 1 atom stereocenters. The summed E-state index contributed by atoms with van der Waals surface area (Å²) in [7, 11) is 1.12. The quantitative estimate of drug-likeness (QED) is 0.822. The van der Waals surface area contributed by atoms with Gasteiger partial charge in [0.25, 0.3) is 0 Å². The molecule has 0 fully saturated rings. The molecule has 110 valence electrons. The Morgan fingerprint density at radius 2 is 1.95 bits per heavy atom. The third-order valence-electron chi connectivity index (χ3n) is 2.98. The molecule has 7 heteroatoms. The second-order valence-corrected chi connectivity index (χ2v) is 7.01. The lowest BCUT2D eigenvalue weighted by Gasteiger charge is -2.24. The Bertz CT molecular complexity index is 620. The number of hydrogen-bond donors (Lipinski definition) is 1. The van der Waals surface area contributed by atoms with Gasteiger partial charge in [-0.1, -0.05) is 6.07 Å². The minimum absolute atomic E-state index is 0.0801. The molecule has 0 saturated heterocycles. The average molecular weight is 296 g/mol. The number of nitrogens with zero attached hydrogens (tertiary/aromatic N) is 3. The molecule has 0 radical (unpaired) electrons. The summed E-state index contributed by atoms with van der Waals surface area (Å²) >= 11 is 0. The monoisotopic (exact) mass is 296 g/mol. The zero-order valence-electron chi connectivity index (χ0n) is 12.2. The molecule has 0 aliphatic rings. The van der Waals surface area contributed by atoms with Crippen molar-refractivity contribution in [1.82, 2.24) is 4.31 Å². The van der Waals surface area contributed by atoms with Gasteiger partial charge in [-0.15, -0.1) is 0 Å². The van der Waals surface area contributed by atoms with Crippen LogP contribution in [0.1, 0.15) is 6.92 Å². The Morgan fingerprint density at radius 3 is 2.45 bits per heavy atom. The number of para-hydroxylation sites is 1. The maximum atomic E-state index is 12.2. The fourth-order valence-corrected chi connectivity index (χ4v) is 2.86. The van der Waals surface area contributed by atoms with Crippen molar-refractivity contribution in [3.63, 3.8) is 0 Å². The summed E-state index contributed by atoms with van der Waals surface area (Å²) in [6.07, 6.45) is 0. The van der Waals surface area contributed by atoms with Gasteiger partial charge in [0.15, 0.2) is 0 Å². The average Bonchev–Trinajstić information content (AvgIpc) is 2.38. The summed E-state index contributed by atoms with van der Waals surface area (Å²) in [5.41, 5.74) is 6.80. The molecule has 1 aromatic carbocycles. The molecule has 1 aromatic rings. The van der Waals surface area contributed by atoms with E-state index in [0.717, 1.165) is 4.31 Å². The van der Waals surface area contributed by atoms with E-state index in [-0.39, 0.29) is 16.5 Å². The van der Waals surface area contributed by atoms with Gasteiger partial charge in [-0.25, -0.2) is 12.7 Å². The minimum Gasteiger partial charge on any atom is -0.396 e. The number of benzene rings is 1. The molecule has 0 aromatic heterocycles. The third kappa shape index (κ3) is 3.21. The second-order valence-electron chi connectivity index (χ2n) is 4.89. The van der Waals surface area contributed by atoms with Crippen LogP contribution in [0, 0.1) is 17.2 Å². The van der Waals surface area contributed by atoms with Crippen molar-refractivity contribution in [2.45, 2.75) is 11.8 Å². The summed E-state index contributed by atoms with van der Waals surface area (Å²) in [5, 5.41) is 8.85. The maximum Gasteiger partial charge on any atom is 0.244 e. The van der Waals surface area contributed by atoms with Crippen LogP contribution in [0.5, 0.6) is 0 Å². The van der Waals surface area contributed by atoms with Crippen LogP contribution in [0.3, 0.4) is 0 Å². The predicted molar refractivity (Wildman–Crippen MR) is 79.8 cm³/mol. The Hall–Kier alpha value is -1.78. The molecule has 0 spiro atoms. The van der Waals surface area contributed by atoms with Gasteiger partial charge in [-0.3, -0.25) is 0 Å². The van der Waals surface area contributed by atoms with Crippen molar-refractivity contribution in [2.75, 3.05) is 38.3 Å². The van der Waals surface area contributed by atoms with Crippen LogP contribution in [-0.4, -0.2) is 40.4 Å². The van der Waals surface area contributed by atoms with Gasteiger partial charge in [-0.2, -0.15) is 5.26 Å². The SMILES string of the molecule is CC(C#N)CN(C)c1cccc(S(=O)(=O)N(C)C)c1N. The smallest absolute Gasteiger partial charge is 0.244 e. The van der Waals surface area contributed by atoms with Crippen LogP contribution < -0.4 is 10.6 Å². The number of nitrogen functional groups attached to an aromatic ring is 1. The number of nitrogens with two attached hydrogens (primary N) is 1. The standard InChI is InChI=1S/C13H20N4O2S/c1-10(8-14)9-17(4)11-6-5-7-12(13(11)15)20(18,19)16(2)3/h5-7,10H,9,15H2,1-4H3. The molecular formula is C13H20N4O2S. The molecule has 0 heterocycles. The lowest BCUT2D eigenvalue weighted by molar-refractivity contribution is 0.521. The lowest BCUT2D eigenvalue weighted by Crippen LogP contribution is -2.26. The Kier molecular flexibility index (Phi) is 4.98. The molecule has 6 nitrogen and oxygen atoms in total. The molecule has 0 aliphatic heterocycles. The summed E-state index contributed by atoms with van der Waals surface area (Å²) in [6.45, 7) is 2.28. The molecule has 2 N–H and O–H groups in total. The molecule has 20 heavy (non-hydrogen) atoms. The fourth-order valence-electron chi connectivity index (χ4n) is 1.84. The van der Waals surface area contributed by atoms with Gasteiger partial charge < -0.3 is 10.6 Å². The molecule has 1 rings (SSSR count). The maximum absolute atomic E-state index is 12.2. The van der Waals surface area contributed by atoms with E-state index in [9.17, 15) is 8.42 Å². The summed E-state index contributed by atoms with van der Waals surface area (Å²) in [6, 6.07) is 7.01. The third-order valence-corrected chi connectivity index (χ3v) is 4.85. The van der Waals surface area contributed by atoms with Crippen LogP contribution in [0.25, 0.3) is 0 Å². The van der Waals surface area contributed by atoms with Gasteiger partial charge in [0, 0.05) is 27.7 Å². The zero-order chi connectivity index (χ0) is 15.5. The first kappa shape index (κ1) is 16.3. The van der Waals surface area contributed by atoms with Crippen LogP contribution in [0.15, 0.2) is 23.1 Å². The summed E-state index contributed by atoms with van der Waals surface area (Å²) in [5.74, 6) is -0.173.